The highest BCUT2D eigenvalue weighted by atomic mass is 16.2. The van der Waals surface area contributed by atoms with Gasteiger partial charge in [0.1, 0.15) is 0 Å². The summed E-state index contributed by atoms with van der Waals surface area (Å²) in [5.74, 6) is 0. The first kappa shape index (κ1) is 9.66. The minimum atomic E-state index is 0.266. The van der Waals surface area contributed by atoms with E-state index in [4.69, 9.17) is 10.8 Å². The lowest BCUT2D eigenvalue weighted by atomic mass is 10.1. The molecule has 0 bridgehead atoms. The third-order valence-corrected chi connectivity index (χ3v) is 1.42. The van der Waals surface area contributed by atoms with Crippen LogP contribution in [0.2, 0.25) is 0 Å². The third kappa shape index (κ3) is 5.79. The van der Waals surface area contributed by atoms with Crippen molar-refractivity contribution in [2.45, 2.75) is 25.7 Å². The van der Waals surface area contributed by atoms with Gasteiger partial charge in [0.2, 0.25) is 0 Å². The van der Waals surface area contributed by atoms with Crippen LogP contribution < -0.4 is 5.73 Å². The molecule has 0 amide bonds. The SMILES string of the molecule is C=C(CCCN)CCCO. The van der Waals surface area contributed by atoms with E-state index in [1.807, 2.05) is 0 Å². The second-order valence-corrected chi connectivity index (χ2v) is 2.47. The lowest BCUT2D eigenvalue weighted by Gasteiger charge is -2.01. The molecule has 0 rings (SSSR count). The summed E-state index contributed by atoms with van der Waals surface area (Å²) in [7, 11) is 0. The Labute approximate surface area is 62.7 Å². The van der Waals surface area contributed by atoms with E-state index < -0.39 is 0 Å². The fourth-order valence-electron chi connectivity index (χ4n) is 0.806. The molecule has 0 spiro atoms. The van der Waals surface area contributed by atoms with Gasteiger partial charge >= 0.3 is 0 Å². The Morgan fingerprint density at radius 3 is 2.40 bits per heavy atom. The highest BCUT2D eigenvalue weighted by Crippen LogP contribution is 2.07. The molecule has 0 unspecified atom stereocenters. The first-order valence-corrected chi connectivity index (χ1v) is 3.79. The molecule has 3 N–H and O–H groups in total. The molecule has 0 saturated carbocycles. The Kier molecular flexibility index (Phi) is 6.55. The van der Waals surface area contributed by atoms with Crippen molar-refractivity contribution in [1.29, 1.82) is 0 Å². The van der Waals surface area contributed by atoms with E-state index in [1.165, 1.54) is 5.57 Å². The van der Waals surface area contributed by atoms with Crippen LogP contribution in [0.3, 0.4) is 0 Å². The van der Waals surface area contributed by atoms with Gasteiger partial charge in [0.25, 0.3) is 0 Å². The summed E-state index contributed by atoms with van der Waals surface area (Å²) in [6, 6.07) is 0. The second kappa shape index (κ2) is 6.78. The molecule has 60 valence electrons. The Balaban J connectivity index is 3.09. The number of hydrogen-bond donors (Lipinski definition) is 2. The van der Waals surface area contributed by atoms with E-state index in [1.54, 1.807) is 0 Å². The molecule has 0 aliphatic heterocycles. The predicted octanol–water partition coefficient (Wildman–Crippen LogP) is 1.05. The molecule has 0 fully saturated rings. The Morgan fingerprint density at radius 2 is 1.90 bits per heavy atom. The van der Waals surface area contributed by atoms with Gasteiger partial charge in [0.05, 0.1) is 0 Å². The first-order valence-electron chi connectivity index (χ1n) is 3.79. The van der Waals surface area contributed by atoms with Crippen molar-refractivity contribution in [2.75, 3.05) is 13.2 Å². The molecule has 0 aromatic carbocycles. The summed E-state index contributed by atoms with van der Waals surface area (Å²) in [6.07, 6.45) is 3.81. The topological polar surface area (TPSA) is 46.2 Å². The van der Waals surface area contributed by atoms with Gasteiger partial charge in [0.15, 0.2) is 0 Å². The summed E-state index contributed by atoms with van der Waals surface area (Å²) in [6.45, 7) is 4.86. The molecule has 0 aliphatic rings. The maximum absolute atomic E-state index is 8.47. The Hall–Kier alpha value is -0.340. The summed E-state index contributed by atoms with van der Waals surface area (Å²) in [5, 5.41) is 8.47. The van der Waals surface area contributed by atoms with E-state index in [0.29, 0.717) is 0 Å². The zero-order valence-electron chi connectivity index (χ0n) is 6.47. The van der Waals surface area contributed by atoms with Crippen molar-refractivity contribution < 1.29 is 5.11 Å². The average molecular weight is 143 g/mol. The maximum atomic E-state index is 8.47. The van der Waals surface area contributed by atoms with Gasteiger partial charge in [-0.15, -0.1) is 0 Å². The molecule has 2 heteroatoms. The zero-order valence-corrected chi connectivity index (χ0v) is 6.47. The van der Waals surface area contributed by atoms with Crippen LogP contribution in [0.4, 0.5) is 0 Å². The standard InChI is InChI=1S/C8H17NO/c1-8(4-2-6-9)5-3-7-10/h10H,1-7,9H2. The number of rotatable bonds is 6. The van der Waals surface area contributed by atoms with Crippen LogP contribution in [0.25, 0.3) is 0 Å². The van der Waals surface area contributed by atoms with E-state index >= 15 is 0 Å². The molecule has 0 aromatic heterocycles. The highest BCUT2D eigenvalue weighted by Gasteiger charge is 1.92. The van der Waals surface area contributed by atoms with Crippen LogP contribution in [-0.4, -0.2) is 18.3 Å². The maximum Gasteiger partial charge on any atom is 0.0434 e. The normalized spacial score (nSPS) is 9.80. The minimum Gasteiger partial charge on any atom is -0.396 e. The van der Waals surface area contributed by atoms with Crippen molar-refractivity contribution in [1.82, 2.24) is 0 Å². The van der Waals surface area contributed by atoms with Crippen LogP contribution >= 0.6 is 0 Å². The molecular formula is C8H17NO. The van der Waals surface area contributed by atoms with Gasteiger partial charge in [-0.05, 0) is 32.2 Å². The molecule has 10 heavy (non-hydrogen) atoms. The van der Waals surface area contributed by atoms with E-state index in [2.05, 4.69) is 6.58 Å². The van der Waals surface area contributed by atoms with Crippen LogP contribution in [0.15, 0.2) is 12.2 Å². The molecule has 0 saturated heterocycles. The molecule has 0 heterocycles. The van der Waals surface area contributed by atoms with Crippen LogP contribution in [0.1, 0.15) is 25.7 Å². The lowest BCUT2D eigenvalue weighted by molar-refractivity contribution is 0.288. The number of nitrogens with two attached hydrogens (primary N) is 1. The van der Waals surface area contributed by atoms with Gasteiger partial charge in [-0.25, -0.2) is 0 Å². The van der Waals surface area contributed by atoms with Gasteiger partial charge in [0, 0.05) is 6.61 Å². The summed E-state index contributed by atoms with van der Waals surface area (Å²) in [5.41, 5.74) is 6.52. The smallest absolute Gasteiger partial charge is 0.0434 e. The van der Waals surface area contributed by atoms with E-state index in [9.17, 15) is 0 Å². The van der Waals surface area contributed by atoms with Gasteiger partial charge < -0.3 is 10.8 Å². The molecule has 0 atom stereocenters. The van der Waals surface area contributed by atoms with E-state index in [-0.39, 0.29) is 6.61 Å². The second-order valence-electron chi connectivity index (χ2n) is 2.47. The van der Waals surface area contributed by atoms with Crippen molar-refractivity contribution >= 4 is 0 Å². The van der Waals surface area contributed by atoms with Crippen molar-refractivity contribution in [3.8, 4) is 0 Å². The molecular weight excluding hydrogens is 126 g/mol. The van der Waals surface area contributed by atoms with Crippen molar-refractivity contribution in [3.05, 3.63) is 12.2 Å². The minimum absolute atomic E-state index is 0.266. The number of aliphatic hydroxyl groups excluding tert-OH is 1. The quantitative estimate of drug-likeness (QED) is 0.546. The zero-order chi connectivity index (χ0) is 7.82. The predicted molar refractivity (Wildman–Crippen MR) is 43.7 cm³/mol. The van der Waals surface area contributed by atoms with Crippen molar-refractivity contribution in [2.24, 2.45) is 5.73 Å². The summed E-state index contributed by atoms with van der Waals surface area (Å²) < 4.78 is 0. The Morgan fingerprint density at radius 1 is 1.30 bits per heavy atom. The molecule has 0 radical (unpaired) electrons. The fourth-order valence-corrected chi connectivity index (χ4v) is 0.806. The summed E-state index contributed by atoms with van der Waals surface area (Å²) in [4.78, 5) is 0. The molecule has 0 aliphatic carbocycles. The van der Waals surface area contributed by atoms with E-state index in [0.717, 1.165) is 32.2 Å². The number of hydrogen-bond acceptors (Lipinski definition) is 2. The molecule has 2 nitrogen and oxygen atoms in total. The summed E-state index contributed by atoms with van der Waals surface area (Å²) >= 11 is 0. The van der Waals surface area contributed by atoms with Gasteiger partial charge in [-0.1, -0.05) is 12.2 Å². The number of aliphatic hydroxyl groups is 1. The monoisotopic (exact) mass is 143 g/mol. The number of allylic oxidation sites excluding steroid dienone is 1. The first-order chi connectivity index (χ1) is 4.81. The Bertz CT molecular complexity index is 81.3. The highest BCUT2D eigenvalue weighted by molar-refractivity contribution is 4.93. The van der Waals surface area contributed by atoms with Gasteiger partial charge in [-0.2, -0.15) is 0 Å². The van der Waals surface area contributed by atoms with Crippen LogP contribution in [0, 0.1) is 0 Å². The average Bonchev–Trinajstić information content (AvgIpc) is 1.97. The largest absolute Gasteiger partial charge is 0.396 e. The molecule has 0 aromatic rings. The van der Waals surface area contributed by atoms with Crippen LogP contribution in [0.5, 0.6) is 0 Å². The van der Waals surface area contributed by atoms with Gasteiger partial charge in [-0.3, -0.25) is 0 Å². The van der Waals surface area contributed by atoms with Crippen LogP contribution in [-0.2, 0) is 0 Å². The third-order valence-electron chi connectivity index (χ3n) is 1.42. The lowest BCUT2D eigenvalue weighted by Crippen LogP contribution is -1.98. The van der Waals surface area contributed by atoms with Crippen molar-refractivity contribution in [3.63, 3.8) is 0 Å². The fraction of sp³-hybridized carbons (Fsp3) is 0.750.